The van der Waals surface area contributed by atoms with Gasteiger partial charge in [-0.1, -0.05) is 0 Å². The molecule has 0 spiro atoms. The first kappa shape index (κ1) is 11.7. The summed E-state index contributed by atoms with van der Waals surface area (Å²) in [5.41, 5.74) is 0. The maximum absolute atomic E-state index is 10.7. The predicted molar refractivity (Wildman–Crippen MR) is 49.1 cm³/mol. The van der Waals surface area contributed by atoms with E-state index < -0.39 is 25.5 Å². The van der Waals surface area contributed by atoms with Crippen molar-refractivity contribution in [2.45, 2.75) is 18.9 Å². The lowest BCUT2D eigenvalue weighted by atomic mass is 9.93. The Labute approximate surface area is 81.5 Å². The first-order valence-corrected chi connectivity index (χ1v) is 6.20. The largest absolute Gasteiger partial charge is 0.480 e. The Morgan fingerprint density at radius 1 is 1.50 bits per heavy atom. The van der Waals surface area contributed by atoms with Crippen molar-refractivity contribution in [3.05, 3.63) is 0 Å². The van der Waals surface area contributed by atoms with Gasteiger partial charge in [-0.2, -0.15) is 0 Å². The Morgan fingerprint density at radius 2 is 2.14 bits per heavy atom. The zero-order valence-electron chi connectivity index (χ0n) is 7.59. The second kappa shape index (κ2) is 4.40. The summed E-state index contributed by atoms with van der Waals surface area (Å²) in [4.78, 5) is 28.3. The second-order valence-corrected chi connectivity index (χ2v) is 5.21. The molecule has 14 heavy (non-hydrogen) atoms. The normalized spacial score (nSPS) is 28.7. The van der Waals surface area contributed by atoms with Gasteiger partial charge in [-0.15, -0.1) is 0 Å². The maximum Gasteiger partial charge on any atom is 0.325 e. The third-order valence-electron chi connectivity index (χ3n) is 2.33. The van der Waals surface area contributed by atoms with E-state index in [1.807, 2.05) is 0 Å². The van der Waals surface area contributed by atoms with Gasteiger partial charge in [-0.05, 0) is 25.3 Å². The van der Waals surface area contributed by atoms with E-state index in [1.54, 1.807) is 0 Å². The molecule has 0 aromatic rings. The molecule has 1 fully saturated rings. The third kappa shape index (κ3) is 3.38. The van der Waals surface area contributed by atoms with Crippen LogP contribution in [-0.2, 0) is 9.36 Å². The molecule has 1 heterocycles. The van der Waals surface area contributed by atoms with Gasteiger partial charge in [-0.25, -0.2) is 0 Å². The summed E-state index contributed by atoms with van der Waals surface area (Å²) in [6.45, 7) is 0.592. The Balaban J connectivity index is 2.63. The smallest absolute Gasteiger partial charge is 0.325 e. The van der Waals surface area contributed by atoms with E-state index in [-0.39, 0.29) is 6.16 Å². The highest BCUT2D eigenvalue weighted by Gasteiger charge is 2.34. The minimum absolute atomic E-state index is 0.350. The number of piperidine rings is 1. The molecule has 6 nitrogen and oxygen atoms in total. The van der Waals surface area contributed by atoms with Crippen LogP contribution in [0.25, 0.3) is 0 Å². The quantitative estimate of drug-likeness (QED) is 0.486. The number of hydrogen-bond acceptors (Lipinski definition) is 3. The van der Waals surface area contributed by atoms with Gasteiger partial charge in [0.2, 0.25) is 0 Å². The van der Waals surface area contributed by atoms with Gasteiger partial charge in [0.15, 0.2) is 0 Å². The van der Waals surface area contributed by atoms with Gasteiger partial charge in [0.25, 0.3) is 0 Å². The maximum atomic E-state index is 10.7. The van der Waals surface area contributed by atoms with E-state index in [0.29, 0.717) is 13.0 Å². The number of carbonyl (C=O) groups is 1. The van der Waals surface area contributed by atoms with E-state index in [0.717, 1.165) is 6.42 Å². The van der Waals surface area contributed by atoms with Crippen molar-refractivity contribution >= 4 is 13.6 Å². The molecule has 0 amide bonds. The molecular formula is C7H14NO5P. The average Bonchev–Trinajstić information content (AvgIpc) is 2.01. The number of carboxylic acids is 1. The van der Waals surface area contributed by atoms with Crippen LogP contribution in [0.3, 0.4) is 0 Å². The van der Waals surface area contributed by atoms with Gasteiger partial charge in [0.1, 0.15) is 6.04 Å². The molecule has 7 heteroatoms. The summed E-state index contributed by atoms with van der Waals surface area (Å²) in [5, 5.41) is 11.5. The van der Waals surface area contributed by atoms with Crippen LogP contribution in [0, 0.1) is 5.92 Å². The average molecular weight is 223 g/mol. The van der Waals surface area contributed by atoms with Crippen LogP contribution < -0.4 is 5.32 Å². The third-order valence-corrected chi connectivity index (χ3v) is 3.27. The van der Waals surface area contributed by atoms with E-state index >= 15 is 0 Å². The summed E-state index contributed by atoms with van der Waals surface area (Å²) in [6, 6.07) is -0.823. The Bertz CT molecular complexity index is 263. The van der Waals surface area contributed by atoms with Crippen molar-refractivity contribution in [2.24, 2.45) is 5.92 Å². The van der Waals surface area contributed by atoms with Crippen molar-refractivity contribution in [2.75, 3.05) is 12.7 Å². The molecule has 82 valence electrons. The van der Waals surface area contributed by atoms with Gasteiger partial charge >= 0.3 is 13.6 Å². The van der Waals surface area contributed by atoms with E-state index in [2.05, 4.69) is 5.32 Å². The molecule has 0 aliphatic carbocycles. The molecule has 0 saturated carbocycles. The number of hydrogen-bond donors (Lipinski definition) is 4. The fraction of sp³-hybridized carbons (Fsp3) is 0.857. The number of rotatable bonds is 3. The zero-order chi connectivity index (χ0) is 10.8. The second-order valence-electron chi connectivity index (χ2n) is 3.52. The van der Waals surface area contributed by atoms with Crippen LogP contribution in [0.2, 0.25) is 0 Å². The fourth-order valence-electron chi connectivity index (χ4n) is 1.75. The van der Waals surface area contributed by atoms with Crippen LogP contribution in [0.15, 0.2) is 0 Å². The molecule has 0 radical (unpaired) electrons. The number of nitrogens with one attached hydrogen (secondary N) is 1. The van der Waals surface area contributed by atoms with Crippen LogP contribution in [0.4, 0.5) is 0 Å². The van der Waals surface area contributed by atoms with E-state index in [4.69, 9.17) is 14.9 Å². The van der Waals surface area contributed by atoms with Gasteiger partial charge < -0.3 is 20.2 Å². The molecule has 1 rings (SSSR count). The molecular weight excluding hydrogens is 209 g/mol. The minimum Gasteiger partial charge on any atom is -0.480 e. The lowest BCUT2D eigenvalue weighted by Crippen LogP contribution is -2.48. The number of carboxylic acid groups (broad SMARTS) is 1. The van der Waals surface area contributed by atoms with Crippen LogP contribution in [-0.4, -0.2) is 39.6 Å². The van der Waals surface area contributed by atoms with Crippen LogP contribution >= 0.6 is 7.60 Å². The summed E-state index contributed by atoms with van der Waals surface area (Å²) >= 11 is 0. The highest BCUT2D eigenvalue weighted by atomic mass is 31.2. The SMILES string of the molecule is O=C(O)C1NCCCC1CP(=O)(O)O. The van der Waals surface area contributed by atoms with Crippen molar-refractivity contribution < 1.29 is 24.3 Å². The van der Waals surface area contributed by atoms with Gasteiger partial charge in [-0.3, -0.25) is 9.36 Å². The Morgan fingerprint density at radius 3 is 2.64 bits per heavy atom. The molecule has 1 saturated heterocycles. The molecule has 1 aliphatic rings. The fourth-order valence-corrected chi connectivity index (χ4v) is 2.75. The van der Waals surface area contributed by atoms with Gasteiger partial charge in [0, 0.05) is 0 Å². The first-order chi connectivity index (χ1) is 6.40. The highest BCUT2D eigenvalue weighted by Crippen LogP contribution is 2.39. The Hall–Kier alpha value is -0.420. The molecule has 2 unspecified atom stereocenters. The van der Waals surface area contributed by atoms with Crippen LogP contribution in [0.1, 0.15) is 12.8 Å². The summed E-state index contributed by atoms with van der Waals surface area (Å²) < 4.78 is 10.7. The summed E-state index contributed by atoms with van der Waals surface area (Å²) in [7, 11) is -4.11. The van der Waals surface area contributed by atoms with Crippen molar-refractivity contribution in [3.63, 3.8) is 0 Å². The van der Waals surface area contributed by atoms with Crippen molar-refractivity contribution in [1.82, 2.24) is 5.32 Å². The molecule has 0 bridgehead atoms. The molecule has 4 N–H and O–H groups in total. The highest BCUT2D eigenvalue weighted by molar-refractivity contribution is 7.51. The summed E-state index contributed by atoms with van der Waals surface area (Å²) in [6.07, 6.45) is 0.959. The van der Waals surface area contributed by atoms with Crippen molar-refractivity contribution in [3.8, 4) is 0 Å². The molecule has 1 aliphatic heterocycles. The van der Waals surface area contributed by atoms with E-state index in [9.17, 15) is 9.36 Å². The molecule has 0 aromatic carbocycles. The lowest BCUT2D eigenvalue weighted by Gasteiger charge is -2.29. The molecule has 2 atom stereocenters. The predicted octanol–water partition coefficient (Wildman–Crippen LogP) is -0.383. The zero-order valence-corrected chi connectivity index (χ0v) is 8.48. The Kier molecular flexibility index (Phi) is 3.66. The monoisotopic (exact) mass is 223 g/mol. The summed E-state index contributed by atoms with van der Waals surface area (Å²) in [5.74, 6) is -1.51. The molecule has 0 aromatic heterocycles. The number of aliphatic carboxylic acids is 1. The van der Waals surface area contributed by atoms with Crippen LogP contribution in [0.5, 0.6) is 0 Å². The van der Waals surface area contributed by atoms with Gasteiger partial charge in [0.05, 0.1) is 6.16 Å². The minimum atomic E-state index is -4.11. The van der Waals surface area contributed by atoms with Crippen molar-refractivity contribution in [1.29, 1.82) is 0 Å². The van der Waals surface area contributed by atoms with E-state index in [1.165, 1.54) is 0 Å². The lowest BCUT2D eigenvalue weighted by molar-refractivity contribution is -0.141. The topological polar surface area (TPSA) is 107 Å². The first-order valence-electron chi connectivity index (χ1n) is 4.41. The standard InChI is InChI=1S/C7H14NO5P/c9-7(10)6-5(2-1-3-8-6)4-14(11,12)13/h5-6,8H,1-4H2,(H,9,10)(H2,11,12,13).